The standard InChI is InChI=1S/C12H18FNS/c1-14(2)9-3-4-10-15-12-7-5-11(13)6-8-12/h5-8H,3-4,9-10H2,1-2H3. The van der Waals surface area contributed by atoms with Crippen molar-refractivity contribution in [3.05, 3.63) is 30.1 Å². The van der Waals surface area contributed by atoms with Crippen LogP contribution in [0.3, 0.4) is 0 Å². The van der Waals surface area contributed by atoms with Crippen LogP contribution >= 0.6 is 11.8 Å². The summed E-state index contributed by atoms with van der Waals surface area (Å²) in [5.74, 6) is 0.950. The van der Waals surface area contributed by atoms with Crippen molar-refractivity contribution in [2.24, 2.45) is 0 Å². The fraction of sp³-hybridized carbons (Fsp3) is 0.500. The van der Waals surface area contributed by atoms with Gasteiger partial charge in [0.1, 0.15) is 5.82 Å². The van der Waals surface area contributed by atoms with Crippen molar-refractivity contribution < 1.29 is 4.39 Å². The van der Waals surface area contributed by atoms with Gasteiger partial charge in [-0.2, -0.15) is 0 Å². The molecule has 0 N–H and O–H groups in total. The van der Waals surface area contributed by atoms with Crippen molar-refractivity contribution in [2.45, 2.75) is 17.7 Å². The molecule has 0 fully saturated rings. The molecule has 0 radical (unpaired) electrons. The van der Waals surface area contributed by atoms with Gasteiger partial charge in [0, 0.05) is 4.90 Å². The average Bonchev–Trinajstić information content (AvgIpc) is 2.20. The summed E-state index contributed by atoms with van der Waals surface area (Å²) < 4.78 is 12.6. The molecule has 0 amide bonds. The molecule has 0 saturated carbocycles. The van der Waals surface area contributed by atoms with E-state index >= 15 is 0 Å². The van der Waals surface area contributed by atoms with Gasteiger partial charge in [0.05, 0.1) is 0 Å². The van der Waals surface area contributed by atoms with Gasteiger partial charge in [-0.3, -0.25) is 0 Å². The Bertz CT molecular complexity index is 271. The van der Waals surface area contributed by atoms with Crippen molar-refractivity contribution in [1.82, 2.24) is 4.90 Å². The van der Waals surface area contributed by atoms with Crippen molar-refractivity contribution >= 4 is 11.8 Å². The van der Waals surface area contributed by atoms with Crippen LogP contribution in [-0.4, -0.2) is 31.3 Å². The molecule has 1 aromatic rings. The first-order chi connectivity index (χ1) is 7.18. The van der Waals surface area contributed by atoms with Crippen molar-refractivity contribution in [1.29, 1.82) is 0 Å². The smallest absolute Gasteiger partial charge is 0.123 e. The summed E-state index contributed by atoms with van der Waals surface area (Å²) >= 11 is 1.80. The number of hydrogen-bond donors (Lipinski definition) is 0. The van der Waals surface area contributed by atoms with Crippen LogP contribution in [0.1, 0.15) is 12.8 Å². The van der Waals surface area contributed by atoms with Gasteiger partial charge in [-0.15, -0.1) is 11.8 Å². The fourth-order valence-electron chi connectivity index (χ4n) is 1.25. The second-order valence-electron chi connectivity index (χ2n) is 3.81. The Morgan fingerprint density at radius 3 is 2.40 bits per heavy atom. The van der Waals surface area contributed by atoms with Gasteiger partial charge < -0.3 is 4.90 Å². The van der Waals surface area contributed by atoms with E-state index in [0.717, 1.165) is 17.2 Å². The highest BCUT2D eigenvalue weighted by Crippen LogP contribution is 2.19. The van der Waals surface area contributed by atoms with Crippen molar-refractivity contribution in [3.8, 4) is 0 Å². The van der Waals surface area contributed by atoms with E-state index in [9.17, 15) is 4.39 Å². The molecule has 15 heavy (non-hydrogen) atoms. The van der Waals surface area contributed by atoms with Crippen LogP contribution in [0.5, 0.6) is 0 Å². The Balaban J connectivity index is 2.12. The molecule has 0 atom stereocenters. The molecule has 0 aliphatic rings. The zero-order valence-corrected chi connectivity index (χ0v) is 10.2. The highest BCUT2D eigenvalue weighted by atomic mass is 32.2. The molecule has 84 valence electrons. The van der Waals surface area contributed by atoms with Gasteiger partial charge in [0.2, 0.25) is 0 Å². The highest BCUT2D eigenvalue weighted by Gasteiger charge is 1.95. The topological polar surface area (TPSA) is 3.24 Å². The first-order valence-corrected chi connectivity index (χ1v) is 6.20. The Morgan fingerprint density at radius 1 is 1.13 bits per heavy atom. The van der Waals surface area contributed by atoms with E-state index in [-0.39, 0.29) is 5.82 Å². The van der Waals surface area contributed by atoms with E-state index in [1.807, 2.05) is 12.1 Å². The summed E-state index contributed by atoms with van der Waals surface area (Å²) in [5, 5.41) is 0. The monoisotopic (exact) mass is 227 g/mol. The maximum atomic E-state index is 12.6. The van der Waals surface area contributed by atoms with Crippen molar-refractivity contribution in [3.63, 3.8) is 0 Å². The average molecular weight is 227 g/mol. The summed E-state index contributed by atoms with van der Waals surface area (Å²) in [6.45, 7) is 1.14. The number of unbranched alkanes of at least 4 members (excludes halogenated alkanes) is 1. The number of thioether (sulfide) groups is 1. The van der Waals surface area contributed by atoms with Crippen LogP contribution in [-0.2, 0) is 0 Å². The van der Waals surface area contributed by atoms with Crippen molar-refractivity contribution in [2.75, 3.05) is 26.4 Å². The Hall–Kier alpha value is -0.540. The third-order valence-electron chi connectivity index (χ3n) is 2.08. The van der Waals surface area contributed by atoms with E-state index in [1.165, 1.54) is 25.0 Å². The fourth-order valence-corrected chi connectivity index (χ4v) is 2.16. The molecule has 1 aromatic carbocycles. The third kappa shape index (κ3) is 5.80. The van der Waals surface area contributed by atoms with Crippen LogP contribution in [0.4, 0.5) is 4.39 Å². The zero-order chi connectivity index (χ0) is 11.1. The first-order valence-electron chi connectivity index (χ1n) is 5.21. The van der Waals surface area contributed by atoms with Crippen LogP contribution < -0.4 is 0 Å². The summed E-state index contributed by atoms with van der Waals surface area (Å²) in [6.07, 6.45) is 2.43. The Labute approximate surface area is 95.7 Å². The minimum Gasteiger partial charge on any atom is -0.309 e. The van der Waals surface area contributed by atoms with Gasteiger partial charge in [0.25, 0.3) is 0 Å². The Kier molecular flexibility index (Phi) is 5.73. The predicted octanol–water partition coefficient (Wildman–Crippen LogP) is 3.26. The molecule has 0 heterocycles. The third-order valence-corrected chi connectivity index (χ3v) is 3.18. The molecule has 3 heteroatoms. The second-order valence-corrected chi connectivity index (χ2v) is 4.98. The minimum absolute atomic E-state index is 0.160. The molecule has 0 aliphatic carbocycles. The zero-order valence-electron chi connectivity index (χ0n) is 9.37. The van der Waals surface area contributed by atoms with Gasteiger partial charge in [-0.05, 0) is 63.5 Å². The molecular formula is C12H18FNS. The lowest BCUT2D eigenvalue weighted by Crippen LogP contribution is -2.12. The number of hydrogen-bond acceptors (Lipinski definition) is 2. The number of benzene rings is 1. The molecule has 0 aliphatic heterocycles. The largest absolute Gasteiger partial charge is 0.309 e. The van der Waals surface area contributed by atoms with Crippen LogP contribution in [0.25, 0.3) is 0 Å². The van der Waals surface area contributed by atoms with E-state index in [4.69, 9.17) is 0 Å². The molecular weight excluding hydrogens is 209 g/mol. The minimum atomic E-state index is -0.160. The second kappa shape index (κ2) is 6.85. The summed E-state index contributed by atoms with van der Waals surface area (Å²) in [6, 6.07) is 6.71. The van der Waals surface area contributed by atoms with E-state index in [2.05, 4.69) is 19.0 Å². The normalized spacial score (nSPS) is 10.9. The van der Waals surface area contributed by atoms with Gasteiger partial charge in [-0.1, -0.05) is 0 Å². The lowest BCUT2D eigenvalue weighted by Gasteiger charge is -2.08. The van der Waals surface area contributed by atoms with Gasteiger partial charge >= 0.3 is 0 Å². The summed E-state index contributed by atoms with van der Waals surface area (Å²) in [7, 11) is 4.18. The first kappa shape index (κ1) is 12.5. The molecule has 0 unspecified atom stereocenters. The maximum Gasteiger partial charge on any atom is 0.123 e. The van der Waals surface area contributed by atoms with Gasteiger partial charge in [0.15, 0.2) is 0 Å². The van der Waals surface area contributed by atoms with Gasteiger partial charge in [-0.25, -0.2) is 4.39 Å². The SMILES string of the molecule is CN(C)CCCCSc1ccc(F)cc1. The Morgan fingerprint density at radius 2 is 1.80 bits per heavy atom. The number of rotatable bonds is 6. The lowest BCUT2D eigenvalue weighted by atomic mass is 10.3. The highest BCUT2D eigenvalue weighted by molar-refractivity contribution is 7.99. The van der Waals surface area contributed by atoms with Crippen LogP contribution in [0.15, 0.2) is 29.2 Å². The number of nitrogens with zero attached hydrogens (tertiary/aromatic N) is 1. The van der Waals surface area contributed by atoms with E-state index < -0.39 is 0 Å². The number of halogens is 1. The molecule has 0 saturated heterocycles. The molecule has 1 nitrogen and oxygen atoms in total. The van der Waals surface area contributed by atoms with Crippen LogP contribution in [0.2, 0.25) is 0 Å². The lowest BCUT2D eigenvalue weighted by molar-refractivity contribution is 0.399. The van der Waals surface area contributed by atoms with E-state index in [0.29, 0.717) is 0 Å². The summed E-state index contributed by atoms with van der Waals surface area (Å²) in [4.78, 5) is 3.35. The molecule has 0 aromatic heterocycles. The predicted molar refractivity (Wildman–Crippen MR) is 64.9 cm³/mol. The molecule has 1 rings (SSSR count). The quantitative estimate of drug-likeness (QED) is 0.542. The molecule has 0 spiro atoms. The van der Waals surface area contributed by atoms with Crippen LogP contribution in [0, 0.1) is 5.82 Å². The summed E-state index contributed by atoms with van der Waals surface area (Å²) in [5.41, 5.74) is 0. The van der Waals surface area contributed by atoms with E-state index in [1.54, 1.807) is 11.8 Å². The molecule has 0 bridgehead atoms. The maximum absolute atomic E-state index is 12.6.